The summed E-state index contributed by atoms with van der Waals surface area (Å²) in [6, 6.07) is 7.39. The SMILES string of the molecule is CN(C)C1CCCN(c2noc(-c3ccc(Cl)cc3)c2C(=O)O)CC1.O=CO. The molecule has 1 aromatic heterocycles. The van der Waals surface area contributed by atoms with E-state index in [2.05, 4.69) is 24.2 Å². The van der Waals surface area contributed by atoms with Crippen molar-refractivity contribution in [3.05, 3.63) is 34.9 Å². The van der Waals surface area contributed by atoms with Crippen molar-refractivity contribution < 1.29 is 24.3 Å². The van der Waals surface area contributed by atoms with E-state index in [-0.39, 0.29) is 17.8 Å². The van der Waals surface area contributed by atoms with E-state index >= 15 is 0 Å². The quantitative estimate of drug-likeness (QED) is 0.740. The summed E-state index contributed by atoms with van der Waals surface area (Å²) in [5, 5.41) is 21.3. The first-order valence-corrected chi connectivity index (χ1v) is 9.25. The Morgan fingerprint density at radius 2 is 1.93 bits per heavy atom. The van der Waals surface area contributed by atoms with E-state index in [4.69, 9.17) is 26.0 Å². The van der Waals surface area contributed by atoms with Gasteiger partial charge in [-0.1, -0.05) is 16.8 Å². The fourth-order valence-corrected chi connectivity index (χ4v) is 3.42. The Kier molecular flexibility index (Phi) is 7.83. The van der Waals surface area contributed by atoms with Crippen LogP contribution >= 0.6 is 11.6 Å². The summed E-state index contributed by atoms with van der Waals surface area (Å²) in [5.74, 6) is -0.348. The Hall–Kier alpha value is -2.58. The monoisotopic (exact) mass is 409 g/mol. The van der Waals surface area contributed by atoms with E-state index in [9.17, 15) is 9.90 Å². The maximum absolute atomic E-state index is 11.9. The van der Waals surface area contributed by atoms with Crippen LogP contribution in [0.15, 0.2) is 28.8 Å². The molecule has 1 fully saturated rings. The van der Waals surface area contributed by atoms with E-state index in [0.29, 0.717) is 22.4 Å². The summed E-state index contributed by atoms with van der Waals surface area (Å²) in [4.78, 5) is 24.5. The van der Waals surface area contributed by atoms with Gasteiger partial charge in [0.1, 0.15) is 0 Å². The summed E-state index contributed by atoms with van der Waals surface area (Å²) < 4.78 is 5.43. The molecule has 3 rings (SSSR count). The van der Waals surface area contributed by atoms with Crippen molar-refractivity contribution in [2.75, 3.05) is 32.1 Å². The van der Waals surface area contributed by atoms with Crippen LogP contribution in [-0.4, -0.2) is 65.9 Å². The highest BCUT2D eigenvalue weighted by atomic mass is 35.5. The highest BCUT2D eigenvalue weighted by Crippen LogP contribution is 2.33. The number of carboxylic acids is 1. The van der Waals surface area contributed by atoms with Crippen LogP contribution in [0.1, 0.15) is 29.6 Å². The molecule has 0 saturated carbocycles. The Labute approximate surface area is 168 Å². The number of aromatic carboxylic acids is 1. The number of benzene rings is 1. The van der Waals surface area contributed by atoms with E-state index in [0.717, 1.165) is 32.4 Å². The van der Waals surface area contributed by atoms with Gasteiger partial charge in [-0.25, -0.2) is 4.79 Å². The van der Waals surface area contributed by atoms with Crippen LogP contribution < -0.4 is 4.90 Å². The predicted octanol–water partition coefficient (Wildman–Crippen LogP) is 3.31. The maximum Gasteiger partial charge on any atom is 0.343 e. The first-order chi connectivity index (χ1) is 13.4. The van der Waals surface area contributed by atoms with Crippen molar-refractivity contribution in [2.24, 2.45) is 0 Å². The number of aromatic nitrogens is 1. The van der Waals surface area contributed by atoms with Crippen molar-refractivity contribution in [3.63, 3.8) is 0 Å². The zero-order valence-electron chi connectivity index (χ0n) is 15.8. The summed E-state index contributed by atoms with van der Waals surface area (Å²) in [5.41, 5.74) is 0.771. The second-order valence-electron chi connectivity index (χ2n) is 6.66. The first-order valence-electron chi connectivity index (χ1n) is 8.87. The van der Waals surface area contributed by atoms with E-state index < -0.39 is 5.97 Å². The third-order valence-corrected chi connectivity index (χ3v) is 4.97. The molecule has 1 aromatic carbocycles. The van der Waals surface area contributed by atoms with Gasteiger partial charge in [0.05, 0.1) is 0 Å². The highest BCUT2D eigenvalue weighted by molar-refractivity contribution is 6.30. The second kappa shape index (κ2) is 10.1. The number of halogens is 1. The second-order valence-corrected chi connectivity index (χ2v) is 7.10. The number of hydrogen-bond acceptors (Lipinski definition) is 6. The molecule has 1 aliphatic heterocycles. The Balaban J connectivity index is 0.000000878. The molecule has 1 aliphatic rings. The van der Waals surface area contributed by atoms with Crippen LogP contribution in [0.2, 0.25) is 5.02 Å². The van der Waals surface area contributed by atoms with Crippen LogP contribution in [0.3, 0.4) is 0 Å². The van der Waals surface area contributed by atoms with Crippen LogP contribution in [-0.2, 0) is 4.79 Å². The number of rotatable bonds is 4. The van der Waals surface area contributed by atoms with Crippen LogP contribution in [0.4, 0.5) is 5.82 Å². The minimum absolute atomic E-state index is 0.116. The number of carboxylic acid groups (broad SMARTS) is 2. The van der Waals surface area contributed by atoms with Crippen molar-refractivity contribution in [1.29, 1.82) is 0 Å². The number of hydrogen-bond donors (Lipinski definition) is 2. The molecule has 0 aliphatic carbocycles. The van der Waals surface area contributed by atoms with Crippen LogP contribution in [0.25, 0.3) is 11.3 Å². The van der Waals surface area contributed by atoms with E-state index in [1.54, 1.807) is 24.3 Å². The number of carbonyl (C=O) groups is 2. The molecule has 1 unspecified atom stereocenters. The average molecular weight is 410 g/mol. The minimum atomic E-state index is -1.03. The molecule has 2 heterocycles. The molecule has 1 saturated heterocycles. The lowest BCUT2D eigenvalue weighted by molar-refractivity contribution is -0.122. The van der Waals surface area contributed by atoms with Crippen molar-refractivity contribution >= 4 is 29.9 Å². The molecule has 2 aromatic rings. The third-order valence-electron chi connectivity index (χ3n) is 4.72. The topological polar surface area (TPSA) is 107 Å². The molecule has 0 radical (unpaired) electrons. The molecule has 0 spiro atoms. The van der Waals surface area contributed by atoms with Crippen molar-refractivity contribution in [3.8, 4) is 11.3 Å². The average Bonchev–Trinajstić information content (AvgIpc) is 2.94. The summed E-state index contributed by atoms with van der Waals surface area (Å²) in [7, 11) is 4.16. The molecule has 1 atom stereocenters. The fourth-order valence-electron chi connectivity index (χ4n) is 3.30. The van der Waals surface area contributed by atoms with Gasteiger partial charge in [-0.05, 0) is 57.6 Å². The van der Waals surface area contributed by atoms with Crippen LogP contribution in [0, 0.1) is 0 Å². The fraction of sp³-hybridized carbons (Fsp3) is 0.421. The first kappa shape index (κ1) is 21.7. The summed E-state index contributed by atoms with van der Waals surface area (Å²) >= 11 is 5.91. The summed E-state index contributed by atoms with van der Waals surface area (Å²) in [6.07, 6.45) is 3.05. The van der Waals surface area contributed by atoms with Crippen molar-refractivity contribution in [1.82, 2.24) is 10.1 Å². The van der Waals surface area contributed by atoms with Gasteiger partial charge in [0.15, 0.2) is 17.1 Å². The molecular weight excluding hydrogens is 386 g/mol. The van der Waals surface area contributed by atoms with Gasteiger partial charge in [0.25, 0.3) is 6.47 Å². The van der Waals surface area contributed by atoms with Crippen molar-refractivity contribution in [2.45, 2.75) is 25.3 Å². The highest BCUT2D eigenvalue weighted by Gasteiger charge is 2.29. The molecule has 0 bridgehead atoms. The Bertz CT molecular complexity index is 791. The Morgan fingerprint density at radius 3 is 2.50 bits per heavy atom. The molecule has 9 heteroatoms. The normalized spacial score (nSPS) is 16.9. The predicted molar refractivity (Wildman–Crippen MR) is 106 cm³/mol. The molecule has 2 N–H and O–H groups in total. The zero-order valence-corrected chi connectivity index (χ0v) is 16.6. The van der Waals surface area contributed by atoms with Gasteiger partial charge in [0, 0.05) is 29.7 Å². The molecule has 8 nitrogen and oxygen atoms in total. The minimum Gasteiger partial charge on any atom is -0.483 e. The summed E-state index contributed by atoms with van der Waals surface area (Å²) in [6.45, 7) is 1.28. The van der Waals surface area contributed by atoms with Gasteiger partial charge in [0.2, 0.25) is 0 Å². The van der Waals surface area contributed by atoms with Gasteiger partial charge >= 0.3 is 5.97 Å². The number of anilines is 1. The number of nitrogens with zero attached hydrogens (tertiary/aromatic N) is 3. The van der Waals surface area contributed by atoms with Gasteiger partial charge in [-0.15, -0.1) is 0 Å². The van der Waals surface area contributed by atoms with Gasteiger partial charge < -0.3 is 24.5 Å². The molecule has 152 valence electrons. The zero-order chi connectivity index (χ0) is 20.7. The van der Waals surface area contributed by atoms with Crippen LogP contribution in [0.5, 0.6) is 0 Å². The molecule has 0 amide bonds. The lowest BCUT2D eigenvalue weighted by Crippen LogP contribution is -2.30. The lowest BCUT2D eigenvalue weighted by atomic mass is 10.1. The van der Waals surface area contributed by atoms with E-state index in [1.807, 2.05) is 4.90 Å². The van der Waals surface area contributed by atoms with Gasteiger partial charge in [-0.2, -0.15) is 0 Å². The van der Waals surface area contributed by atoms with E-state index in [1.165, 1.54) is 0 Å². The van der Waals surface area contributed by atoms with Gasteiger partial charge in [-0.3, -0.25) is 4.79 Å². The Morgan fingerprint density at radius 1 is 1.29 bits per heavy atom. The molecule has 28 heavy (non-hydrogen) atoms. The standard InChI is InChI=1S/C18H22ClN3O3.CH2O2/c1-21(2)14-4-3-10-22(11-9-14)17-15(18(23)24)16(25-20-17)12-5-7-13(19)8-6-12;2-1-3/h5-8,14H,3-4,9-11H2,1-2H3,(H,23,24);1H,(H,2,3). The third kappa shape index (κ3) is 5.24. The lowest BCUT2D eigenvalue weighted by Gasteiger charge is -2.23. The molecular formula is C19H24ClN3O5. The maximum atomic E-state index is 11.9. The largest absolute Gasteiger partial charge is 0.483 e. The smallest absolute Gasteiger partial charge is 0.343 e.